The maximum Gasteiger partial charge on any atom is 0.338 e. The molecule has 2 aromatic rings. The molecule has 1 amide bonds. The van der Waals surface area contributed by atoms with E-state index in [4.69, 9.17) is 4.74 Å². The molecule has 132 valence electrons. The van der Waals surface area contributed by atoms with Gasteiger partial charge in [0.25, 0.3) is 5.91 Å². The number of hydrogen-bond acceptors (Lipinski definition) is 3. The molecule has 0 saturated carbocycles. The number of carbonyl (C=O) groups is 2. The van der Waals surface area contributed by atoms with Gasteiger partial charge in [-0.3, -0.25) is 4.79 Å². The van der Waals surface area contributed by atoms with Crippen molar-refractivity contribution in [3.63, 3.8) is 0 Å². The smallest absolute Gasteiger partial charge is 0.338 e. The zero-order valence-electron chi connectivity index (χ0n) is 14.9. The summed E-state index contributed by atoms with van der Waals surface area (Å²) in [6, 6.07) is 12.2. The van der Waals surface area contributed by atoms with E-state index in [1.165, 1.54) is 0 Å². The van der Waals surface area contributed by atoms with Crippen LogP contribution in [-0.2, 0) is 10.2 Å². The molecule has 0 bridgehead atoms. The summed E-state index contributed by atoms with van der Waals surface area (Å²) in [5.74, 6) is -0.577. The van der Waals surface area contributed by atoms with Crippen molar-refractivity contribution in [1.29, 1.82) is 0 Å². The molecule has 2 aromatic carbocycles. The third-order valence-corrected chi connectivity index (χ3v) is 4.35. The highest BCUT2D eigenvalue weighted by atomic mass is 79.9. The Morgan fingerprint density at radius 2 is 1.64 bits per heavy atom. The molecule has 0 fully saturated rings. The Morgan fingerprint density at radius 3 is 2.16 bits per heavy atom. The van der Waals surface area contributed by atoms with E-state index in [2.05, 4.69) is 42.0 Å². The Labute approximate surface area is 156 Å². The monoisotopic (exact) mass is 403 g/mol. The van der Waals surface area contributed by atoms with Crippen molar-refractivity contribution in [2.24, 2.45) is 0 Å². The largest absolute Gasteiger partial charge is 0.462 e. The van der Waals surface area contributed by atoms with Crippen molar-refractivity contribution in [2.75, 3.05) is 11.9 Å². The normalized spacial score (nSPS) is 11.1. The SMILES string of the molecule is CCOC(=O)c1ccc(NC(=O)c2ccc(C(C)(C)C)c(Br)c2)cc1. The highest BCUT2D eigenvalue weighted by molar-refractivity contribution is 9.10. The van der Waals surface area contributed by atoms with Crippen LogP contribution in [0.25, 0.3) is 0 Å². The lowest BCUT2D eigenvalue weighted by atomic mass is 9.86. The van der Waals surface area contributed by atoms with Gasteiger partial charge in [0.15, 0.2) is 0 Å². The number of rotatable bonds is 4. The summed E-state index contributed by atoms with van der Waals surface area (Å²) < 4.78 is 5.85. The molecule has 0 aliphatic carbocycles. The van der Waals surface area contributed by atoms with Crippen molar-refractivity contribution < 1.29 is 14.3 Å². The number of amides is 1. The molecule has 0 heterocycles. The summed E-state index contributed by atoms with van der Waals surface area (Å²) in [6.45, 7) is 8.46. The minimum absolute atomic E-state index is 0.00321. The summed E-state index contributed by atoms with van der Waals surface area (Å²) in [5, 5.41) is 2.83. The highest BCUT2D eigenvalue weighted by Gasteiger charge is 2.18. The molecule has 5 heteroatoms. The molecule has 0 unspecified atom stereocenters. The topological polar surface area (TPSA) is 55.4 Å². The van der Waals surface area contributed by atoms with Gasteiger partial charge in [0.1, 0.15) is 0 Å². The number of halogens is 1. The standard InChI is InChI=1S/C20H22BrNO3/c1-5-25-19(24)13-6-9-15(10-7-13)22-18(23)14-8-11-16(17(21)12-14)20(2,3)4/h6-12H,5H2,1-4H3,(H,22,23). The Hall–Kier alpha value is -2.14. The van der Waals surface area contributed by atoms with Crippen molar-refractivity contribution in [2.45, 2.75) is 33.1 Å². The lowest BCUT2D eigenvalue weighted by Crippen LogP contribution is -2.15. The van der Waals surface area contributed by atoms with Gasteiger partial charge >= 0.3 is 5.97 Å². The summed E-state index contributed by atoms with van der Waals surface area (Å²) >= 11 is 3.55. The van der Waals surface area contributed by atoms with Crippen LogP contribution in [0.1, 0.15) is 54.0 Å². The van der Waals surface area contributed by atoms with E-state index in [9.17, 15) is 9.59 Å². The number of ether oxygens (including phenoxy) is 1. The number of nitrogens with one attached hydrogen (secondary N) is 1. The summed E-state index contributed by atoms with van der Waals surface area (Å²) in [6.07, 6.45) is 0. The van der Waals surface area contributed by atoms with E-state index in [0.29, 0.717) is 23.4 Å². The van der Waals surface area contributed by atoms with Gasteiger partial charge in [-0.25, -0.2) is 4.79 Å². The molecule has 4 nitrogen and oxygen atoms in total. The first-order valence-corrected chi connectivity index (χ1v) is 8.90. The average molecular weight is 404 g/mol. The molecular formula is C20H22BrNO3. The number of benzene rings is 2. The van der Waals surface area contributed by atoms with Crippen LogP contribution < -0.4 is 5.32 Å². The van der Waals surface area contributed by atoms with Crippen molar-refractivity contribution in [1.82, 2.24) is 0 Å². The summed E-state index contributed by atoms with van der Waals surface area (Å²) in [7, 11) is 0. The van der Waals surface area contributed by atoms with E-state index in [0.717, 1.165) is 10.0 Å². The Kier molecular flexibility index (Phi) is 6.01. The van der Waals surface area contributed by atoms with E-state index in [1.54, 1.807) is 31.2 Å². The van der Waals surface area contributed by atoms with Crippen LogP contribution in [0.5, 0.6) is 0 Å². The second kappa shape index (κ2) is 7.83. The molecule has 2 rings (SSSR count). The van der Waals surface area contributed by atoms with Gasteiger partial charge < -0.3 is 10.1 Å². The zero-order valence-corrected chi connectivity index (χ0v) is 16.4. The average Bonchev–Trinajstić information content (AvgIpc) is 2.54. The fourth-order valence-corrected chi connectivity index (χ4v) is 3.35. The van der Waals surface area contributed by atoms with Gasteiger partial charge in [-0.15, -0.1) is 0 Å². The molecule has 25 heavy (non-hydrogen) atoms. The van der Waals surface area contributed by atoms with E-state index < -0.39 is 0 Å². The molecule has 1 N–H and O–H groups in total. The summed E-state index contributed by atoms with van der Waals surface area (Å²) in [5.41, 5.74) is 2.78. The van der Waals surface area contributed by atoms with Crippen LogP contribution in [0.2, 0.25) is 0 Å². The maximum atomic E-state index is 12.4. The quantitative estimate of drug-likeness (QED) is 0.715. The number of anilines is 1. The predicted octanol–water partition coefficient (Wildman–Crippen LogP) is 5.18. The first-order chi connectivity index (χ1) is 11.7. The van der Waals surface area contributed by atoms with Crippen LogP contribution in [0.3, 0.4) is 0 Å². The number of esters is 1. The Bertz CT molecular complexity index is 777. The molecule has 0 spiro atoms. The maximum absolute atomic E-state index is 12.4. The van der Waals surface area contributed by atoms with Gasteiger partial charge in [-0.2, -0.15) is 0 Å². The molecule has 0 radical (unpaired) electrons. The van der Waals surface area contributed by atoms with Gasteiger partial charge in [0.05, 0.1) is 12.2 Å². The fraction of sp³-hybridized carbons (Fsp3) is 0.300. The van der Waals surface area contributed by atoms with Crippen LogP contribution in [0.15, 0.2) is 46.9 Å². The molecule has 0 aliphatic rings. The third kappa shape index (κ3) is 4.92. The minimum atomic E-state index is -0.373. The van der Waals surface area contributed by atoms with E-state index >= 15 is 0 Å². The van der Waals surface area contributed by atoms with Crippen molar-refractivity contribution >= 4 is 33.5 Å². The van der Waals surface area contributed by atoms with Crippen LogP contribution in [-0.4, -0.2) is 18.5 Å². The predicted molar refractivity (Wildman–Crippen MR) is 103 cm³/mol. The third-order valence-electron chi connectivity index (χ3n) is 3.69. The highest BCUT2D eigenvalue weighted by Crippen LogP contribution is 2.30. The second-order valence-electron chi connectivity index (χ2n) is 6.70. The van der Waals surface area contributed by atoms with E-state index in [1.807, 2.05) is 18.2 Å². The van der Waals surface area contributed by atoms with E-state index in [-0.39, 0.29) is 17.3 Å². The fourth-order valence-electron chi connectivity index (χ4n) is 2.37. The van der Waals surface area contributed by atoms with Crippen LogP contribution in [0, 0.1) is 0 Å². The lowest BCUT2D eigenvalue weighted by Gasteiger charge is -2.21. The molecule has 0 saturated heterocycles. The van der Waals surface area contributed by atoms with Gasteiger partial charge in [-0.05, 0) is 54.3 Å². The Morgan fingerprint density at radius 1 is 1.04 bits per heavy atom. The first kappa shape index (κ1) is 19.2. The van der Waals surface area contributed by atoms with Crippen LogP contribution >= 0.6 is 15.9 Å². The van der Waals surface area contributed by atoms with Gasteiger partial charge in [0.2, 0.25) is 0 Å². The first-order valence-electron chi connectivity index (χ1n) is 8.11. The molecule has 0 aromatic heterocycles. The van der Waals surface area contributed by atoms with Crippen molar-refractivity contribution in [3.05, 3.63) is 63.6 Å². The Balaban J connectivity index is 2.12. The second-order valence-corrected chi connectivity index (χ2v) is 7.55. The lowest BCUT2D eigenvalue weighted by molar-refractivity contribution is 0.0526. The van der Waals surface area contributed by atoms with Crippen molar-refractivity contribution in [3.8, 4) is 0 Å². The minimum Gasteiger partial charge on any atom is -0.462 e. The molecule has 0 aliphatic heterocycles. The molecular weight excluding hydrogens is 382 g/mol. The van der Waals surface area contributed by atoms with Gasteiger partial charge in [-0.1, -0.05) is 42.8 Å². The van der Waals surface area contributed by atoms with Gasteiger partial charge in [0, 0.05) is 15.7 Å². The summed E-state index contributed by atoms with van der Waals surface area (Å²) in [4.78, 5) is 24.1. The number of hydrogen-bond donors (Lipinski definition) is 1. The van der Waals surface area contributed by atoms with Crippen LogP contribution in [0.4, 0.5) is 5.69 Å². The zero-order chi connectivity index (χ0) is 18.6. The number of carbonyl (C=O) groups excluding carboxylic acids is 2. The molecule has 0 atom stereocenters.